The maximum atomic E-state index is 13.5. The third-order valence-corrected chi connectivity index (χ3v) is 23.4. The Morgan fingerprint density at radius 3 is 1.27 bits per heavy atom. The minimum atomic E-state index is -0.352. The number of aliphatic hydroxyl groups excluding tert-OH is 1. The third-order valence-electron chi connectivity index (χ3n) is 23.4. The van der Waals surface area contributed by atoms with Crippen LogP contribution in [0.4, 0.5) is 52.0 Å². The van der Waals surface area contributed by atoms with Gasteiger partial charge in [-0.1, -0.05) is 54.6 Å². The number of ether oxygens (including phenoxy) is 5. The first-order chi connectivity index (χ1) is 60.7. The number of likely N-dealkylation sites (N-methyl/N-ethyl adjacent to an activating group) is 3. The lowest BCUT2D eigenvalue weighted by atomic mass is 9.99. The summed E-state index contributed by atoms with van der Waals surface area (Å²) in [5, 5.41) is 36.8. The molecule has 3 aliphatic heterocycles. The Kier molecular flexibility index (Phi) is 29.9. The largest absolute Gasteiger partial charge is 0.475 e. The second-order valence-corrected chi connectivity index (χ2v) is 32.1. The van der Waals surface area contributed by atoms with Crippen molar-refractivity contribution in [1.82, 2.24) is 79.5 Å². The summed E-state index contributed by atoms with van der Waals surface area (Å²) in [5.41, 5.74) is 22.4. The van der Waals surface area contributed by atoms with Gasteiger partial charge in [-0.05, 0) is 173 Å². The van der Waals surface area contributed by atoms with Crippen molar-refractivity contribution in [3.63, 3.8) is 0 Å². The van der Waals surface area contributed by atoms with Gasteiger partial charge in [-0.3, -0.25) is 44.0 Å². The molecule has 8 N–H and O–H groups in total. The van der Waals surface area contributed by atoms with Gasteiger partial charge in [0.25, 0.3) is 0 Å². The van der Waals surface area contributed by atoms with Crippen molar-refractivity contribution in [3.05, 3.63) is 225 Å². The van der Waals surface area contributed by atoms with E-state index in [2.05, 4.69) is 154 Å². The smallest absolute Gasteiger partial charge is 0.305 e. The number of piperazine rings is 3. The SMILES string of the molecule is COC[C@H](C(=O)Nc1cccc2c1CC=C2c1nc(Nc2ccc(OCCO)nc2)ncc1C)N1CCN(C)CC1.COC[C@H](C(=O)Nc1cccc2c1CC=C2c1nc(Nc2ccc3c(C)[nH]nc3c2)ncc1C)N1CCN(C)CC1.COC[C@H](C(=O)Nc1cccc2c1CC=C2c1nc(Nc2ccnc(CCC(=O)OC)c2)ncc1C)N1CCN(C)CC1. The number of carbonyl (C=O) groups excluding carboxylic acids is 4. The van der Waals surface area contributed by atoms with E-state index in [0.29, 0.717) is 74.9 Å². The van der Waals surface area contributed by atoms with Gasteiger partial charge >= 0.3 is 5.97 Å². The molecule has 0 bridgehead atoms. The normalized spacial score (nSPS) is 16.1. The monoisotopic (exact) mass is 1700 g/mol. The van der Waals surface area contributed by atoms with Gasteiger partial charge in [0, 0.05) is 199 Å². The number of carbonyl (C=O) groups is 4. The van der Waals surface area contributed by atoms with Gasteiger partial charge in [-0.25, -0.2) is 34.9 Å². The molecule has 0 saturated carbocycles. The van der Waals surface area contributed by atoms with Crippen LogP contribution in [0.15, 0.2) is 146 Å². The third kappa shape index (κ3) is 21.9. The molecule has 654 valence electrons. The molecule has 9 heterocycles. The average molecular weight is 1700 g/mol. The molecule has 3 fully saturated rings. The number of amides is 3. The summed E-state index contributed by atoms with van der Waals surface area (Å²) in [6.07, 6.45) is 18.1. The van der Waals surface area contributed by atoms with E-state index in [1.807, 2.05) is 107 Å². The average Bonchev–Trinajstić information content (AvgIpc) is 1.65. The zero-order valence-corrected chi connectivity index (χ0v) is 73.0. The van der Waals surface area contributed by atoms with Crippen molar-refractivity contribution in [2.45, 2.75) is 77.9 Å². The molecule has 32 nitrogen and oxygen atoms in total. The van der Waals surface area contributed by atoms with Gasteiger partial charge < -0.3 is 75.4 Å². The number of pyridine rings is 2. The maximum absolute atomic E-state index is 13.5. The Labute approximate surface area is 728 Å². The van der Waals surface area contributed by atoms with Crippen molar-refractivity contribution in [2.24, 2.45) is 0 Å². The molecule has 0 unspecified atom stereocenters. The van der Waals surface area contributed by atoms with Crippen molar-refractivity contribution in [2.75, 3.05) is 193 Å². The molecular formula is C93H112N22O10. The number of aryl methyl sites for hydroxylation is 5. The number of fused-ring (bicyclic) bond motifs is 4. The summed E-state index contributed by atoms with van der Waals surface area (Å²) in [5.74, 6) is 1.44. The molecule has 125 heavy (non-hydrogen) atoms. The summed E-state index contributed by atoms with van der Waals surface area (Å²) < 4.78 is 26.4. The first kappa shape index (κ1) is 89.1. The van der Waals surface area contributed by atoms with Crippen LogP contribution in [-0.2, 0) is 63.8 Å². The highest BCUT2D eigenvalue weighted by Gasteiger charge is 2.35. The van der Waals surface area contributed by atoms with Gasteiger partial charge in [-0.2, -0.15) is 5.10 Å². The molecule has 4 aromatic carbocycles. The summed E-state index contributed by atoms with van der Waals surface area (Å²) >= 11 is 0. The number of anilines is 9. The number of nitrogens with one attached hydrogen (secondary N) is 7. The van der Waals surface area contributed by atoms with Gasteiger partial charge in [0.2, 0.25) is 41.4 Å². The lowest BCUT2D eigenvalue weighted by molar-refractivity contribution is -0.140. The fourth-order valence-electron chi connectivity index (χ4n) is 16.4. The predicted octanol–water partition coefficient (Wildman–Crippen LogP) is 9.60. The van der Waals surface area contributed by atoms with Crippen LogP contribution in [0, 0.1) is 27.7 Å². The number of hydrogen-bond acceptors (Lipinski definition) is 28. The fraction of sp³-hybridized carbons (Fsp3) is 0.387. The fourth-order valence-corrected chi connectivity index (χ4v) is 16.4. The van der Waals surface area contributed by atoms with E-state index in [1.54, 1.807) is 52.2 Å². The molecule has 3 atom stereocenters. The number of aromatic nitrogens is 10. The van der Waals surface area contributed by atoms with Gasteiger partial charge in [0.15, 0.2) is 0 Å². The molecule has 3 amide bonds. The second-order valence-electron chi connectivity index (χ2n) is 32.1. The highest BCUT2D eigenvalue weighted by molar-refractivity contribution is 6.00. The van der Waals surface area contributed by atoms with E-state index >= 15 is 0 Å². The number of aliphatic hydroxyl groups is 1. The predicted molar refractivity (Wildman–Crippen MR) is 484 cm³/mol. The molecule has 3 aliphatic carbocycles. The van der Waals surface area contributed by atoms with Crippen molar-refractivity contribution in [1.29, 1.82) is 0 Å². The number of nitrogens with zero attached hydrogens (tertiary/aromatic N) is 15. The summed E-state index contributed by atoms with van der Waals surface area (Å²) in [6, 6.07) is 30.3. The van der Waals surface area contributed by atoms with Crippen molar-refractivity contribution < 1.29 is 48.0 Å². The first-order valence-corrected chi connectivity index (χ1v) is 42.4. The van der Waals surface area contributed by atoms with Crippen LogP contribution in [0.1, 0.15) is 85.0 Å². The molecule has 16 rings (SSSR count). The Morgan fingerprint density at radius 2 is 0.880 bits per heavy atom. The highest BCUT2D eigenvalue weighted by atomic mass is 16.5. The summed E-state index contributed by atoms with van der Waals surface area (Å²) in [4.78, 5) is 102. The van der Waals surface area contributed by atoms with Gasteiger partial charge in [0.1, 0.15) is 24.7 Å². The zero-order chi connectivity index (χ0) is 87.6. The van der Waals surface area contributed by atoms with Crippen LogP contribution in [0.2, 0.25) is 0 Å². The number of H-pyrrole nitrogens is 1. The molecule has 32 heteroatoms. The van der Waals surface area contributed by atoms with Crippen molar-refractivity contribution in [3.8, 4) is 5.88 Å². The van der Waals surface area contributed by atoms with Gasteiger partial charge in [-0.15, -0.1) is 0 Å². The van der Waals surface area contributed by atoms with E-state index in [1.165, 1.54) is 7.11 Å². The van der Waals surface area contributed by atoms with Crippen LogP contribution in [-0.4, -0.2) is 288 Å². The van der Waals surface area contributed by atoms with E-state index in [9.17, 15) is 19.2 Å². The number of allylic oxidation sites excluding steroid dienone is 3. The number of rotatable bonds is 30. The Bertz CT molecular complexity index is 5580. The molecular weight excluding hydrogens is 1590 g/mol. The van der Waals surface area contributed by atoms with Crippen LogP contribution in [0.5, 0.6) is 5.88 Å². The minimum absolute atomic E-state index is 0.0352. The minimum Gasteiger partial charge on any atom is -0.475 e. The van der Waals surface area contributed by atoms with Crippen molar-refractivity contribution >= 4 is 103 Å². The van der Waals surface area contributed by atoms with E-state index in [0.717, 1.165) is 213 Å². The zero-order valence-electron chi connectivity index (χ0n) is 73.0. The molecule has 3 saturated heterocycles. The Morgan fingerprint density at radius 1 is 0.472 bits per heavy atom. The maximum Gasteiger partial charge on any atom is 0.305 e. The molecule has 10 aromatic rings. The van der Waals surface area contributed by atoms with Crippen LogP contribution < -0.4 is 36.6 Å². The van der Waals surface area contributed by atoms with Crippen LogP contribution in [0.3, 0.4) is 0 Å². The van der Waals surface area contributed by atoms with E-state index in [-0.39, 0.29) is 61.5 Å². The number of methoxy groups -OCH3 is 4. The quantitative estimate of drug-likeness (QED) is 0.0194. The molecule has 0 radical (unpaired) electrons. The standard InChI is InChI=1S/C32H39N7O4.C31H36N8O2.C30H37N7O4/c1-21-19-34-32(35-23-12-13-33-22(18-23)8-11-29(40)43-4)37-30(21)26-10-9-25-24(26)6-5-7-27(25)36-31(41)28(20-42-3)39-16-14-38(2)15-17-39;1-19-17-32-31(33-21-8-9-22-20(2)36-37-27(22)16-21)35-29(19)25-11-10-24-23(25)6-5-7-26(24)34-30(40)28(18-41-4)39-14-12-38(3)13-15-39;1-20-17-32-30(33-21-7-10-27(31-18-21)41-16-15-38)35-28(20)24-9-8-23-22(24)5-4-6-25(23)34-29(39)26(19-40-3)37-13-11-36(2)12-14-37/h5-7,10,12-13,18-19,28H,8-9,11,14-17,20H2,1-4H3,(H,36,41)(H,33,34,35,37);5-9,11,16-17,28H,10,12-15,18H2,1-4H3,(H,34,40)(H,36,37)(H,32,33,35);4-7,9-10,17-18,26,38H,8,11-16,19H2,1-3H3,(H,34,39)(H,32,33,35)/t2*28-;26-/m111/s1. The Hall–Kier alpha value is -12.2. The van der Waals surface area contributed by atoms with Crippen LogP contribution >= 0.6 is 0 Å². The topological polar surface area (TPSA) is 358 Å². The lowest BCUT2D eigenvalue weighted by Crippen LogP contribution is -2.54. The number of hydrogen-bond donors (Lipinski definition) is 8. The highest BCUT2D eigenvalue weighted by Crippen LogP contribution is 2.42. The number of esters is 1. The number of benzene rings is 4. The van der Waals surface area contributed by atoms with E-state index in [4.69, 9.17) is 43.7 Å². The second kappa shape index (κ2) is 42.0. The molecule has 6 aliphatic rings. The molecule has 0 spiro atoms. The summed E-state index contributed by atoms with van der Waals surface area (Å²) in [6.45, 7) is 19.8. The number of aromatic amines is 1. The molecule has 6 aromatic heterocycles. The summed E-state index contributed by atoms with van der Waals surface area (Å²) in [7, 11) is 12.6. The van der Waals surface area contributed by atoms with E-state index < -0.39 is 0 Å². The lowest BCUT2D eigenvalue weighted by Gasteiger charge is -2.36. The van der Waals surface area contributed by atoms with Gasteiger partial charge in [0.05, 0.1) is 74.4 Å². The first-order valence-electron chi connectivity index (χ1n) is 42.4. The van der Waals surface area contributed by atoms with Crippen LogP contribution in [0.25, 0.3) is 27.6 Å². The Balaban J connectivity index is 0.000000152.